The van der Waals surface area contributed by atoms with Gasteiger partial charge < -0.3 is 4.90 Å². The van der Waals surface area contributed by atoms with Gasteiger partial charge in [-0.2, -0.15) is 0 Å². The van der Waals surface area contributed by atoms with E-state index in [1.165, 1.54) is 5.56 Å². The molecule has 0 amide bonds. The van der Waals surface area contributed by atoms with Crippen LogP contribution in [-0.2, 0) is 6.54 Å². The molecule has 0 N–H and O–H groups in total. The van der Waals surface area contributed by atoms with E-state index in [-0.39, 0.29) is 0 Å². The monoisotopic (exact) mass is 286 g/mol. The van der Waals surface area contributed by atoms with Crippen molar-refractivity contribution in [1.82, 2.24) is 9.80 Å². The zero-order valence-electron chi connectivity index (χ0n) is 10.6. The Morgan fingerprint density at radius 1 is 0.944 bits per heavy atom. The van der Waals surface area contributed by atoms with Crippen LogP contribution in [0.2, 0.25) is 5.02 Å². The minimum Gasteiger partial charge on any atom is -0.301 e. The van der Waals surface area contributed by atoms with Crippen LogP contribution >= 0.6 is 23.2 Å². The fourth-order valence-electron chi connectivity index (χ4n) is 2.30. The molecule has 1 aliphatic rings. The number of rotatable bonds is 5. The Morgan fingerprint density at radius 3 is 2.17 bits per heavy atom. The molecule has 0 atom stereocenters. The lowest BCUT2D eigenvalue weighted by molar-refractivity contribution is 0.127. The second-order valence-electron chi connectivity index (χ2n) is 4.79. The van der Waals surface area contributed by atoms with E-state index in [0.29, 0.717) is 0 Å². The van der Waals surface area contributed by atoms with Gasteiger partial charge in [0.1, 0.15) is 0 Å². The molecule has 100 valence electrons. The van der Waals surface area contributed by atoms with E-state index in [2.05, 4.69) is 21.9 Å². The zero-order chi connectivity index (χ0) is 12.8. The molecule has 1 saturated heterocycles. The minimum atomic E-state index is 0.769. The van der Waals surface area contributed by atoms with Crippen LogP contribution in [0.1, 0.15) is 12.0 Å². The number of halogens is 2. The van der Waals surface area contributed by atoms with Gasteiger partial charge in [0.2, 0.25) is 0 Å². The summed E-state index contributed by atoms with van der Waals surface area (Å²) < 4.78 is 0. The maximum absolute atomic E-state index is 5.89. The summed E-state index contributed by atoms with van der Waals surface area (Å²) in [6, 6.07) is 8.16. The van der Waals surface area contributed by atoms with Crippen molar-refractivity contribution >= 4 is 23.2 Å². The van der Waals surface area contributed by atoms with Gasteiger partial charge in [-0.15, -0.1) is 11.6 Å². The van der Waals surface area contributed by atoms with Crippen LogP contribution in [0, 0.1) is 0 Å². The van der Waals surface area contributed by atoms with Crippen LogP contribution in [0.5, 0.6) is 0 Å². The van der Waals surface area contributed by atoms with Gasteiger partial charge in [-0.25, -0.2) is 0 Å². The van der Waals surface area contributed by atoms with E-state index in [0.717, 1.165) is 56.6 Å². The molecule has 1 heterocycles. The second-order valence-corrected chi connectivity index (χ2v) is 5.60. The smallest absolute Gasteiger partial charge is 0.0406 e. The van der Waals surface area contributed by atoms with Gasteiger partial charge >= 0.3 is 0 Å². The highest BCUT2D eigenvalue weighted by Crippen LogP contribution is 2.13. The van der Waals surface area contributed by atoms with Gasteiger partial charge in [-0.1, -0.05) is 23.7 Å². The predicted octanol–water partition coefficient (Wildman–Crippen LogP) is 3.09. The van der Waals surface area contributed by atoms with Crippen LogP contribution < -0.4 is 0 Å². The molecular weight excluding hydrogens is 267 g/mol. The van der Waals surface area contributed by atoms with Crippen molar-refractivity contribution in [1.29, 1.82) is 0 Å². The molecule has 0 spiro atoms. The SMILES string of the molecule is ClCCCN1CCN(Cc2ccc(Cl)cc2)CC1. The molecule has 1 aliphatic heterocycles. The lowest BCUT2D eigenvalue weighted by atomic mass is 10.2. The topological polar surface area (TPSA) is 6.48 Å². The first kappa shape index (κ1) is 14.1. The maximum Gasteiger partial charge on any atom is 0.0406 e. The molecule has 0 unspecified atom stereocenters. The average molecular weight is 287 g/mol. The Hall–Kier alpha value is -0.280. The molecule has 1 aromatic carbocycles. The summed E-state index contributed by atoms with van der Waals surface area (Å²) in [4.78, 5) is 5.00. The van der Waals surface area contributed by atoms with E-state index in [4.69, 9.17) is 23.2 Å². The van der Waals surface area contributed by atoms with Gasteiger partial charge in [-0.05, 0) is 30.7 Å². The fourth-order valence-corrected chi connectivity index (χ4v) is 2.55. The highest BCUT2D eigenvalue weighted by molar-refractivity contribution is 6.30. The number of hydrogen-bond donors (Lipinski definition) is 0. The number of benzene rings is 1. The van der Waals surface area contributed by atoms with Crippen molar-refractivity contribution in [3.8, 4) is 0 Å². The van der Waals surface area contributed by atoms with Crippen molar-refractivity contribution < 1.29 is 0 Å². The van der Waals surface area contributed by atoms with Gasteiger partial charge in [0.15, 0.2) is 0 Å². The quantitative estimate of drug-likeness (QED) is 0.768. The molecule has 0 bridgehead atoms. The number of nitrogens with zero attached hydrogens (tertiary/aromatic N) is 2. The summed E-state index contributed by atoms with van der Waals surface area (Å²) in [5.74, 6) is 0.769. The third-order valence-corrected chi connectivity index (χ3v) is 3.91. The van der Waals surface area contributed by atoms with Crippen LogP contribution in [0.25, 0.3) is 0 Å². The third kappa shape index (κ3) is 4.43. The summed E-state index contributed by atoms with van der Waals surface area (Å²) in [5.41, 5.74) is 1.34. The van der Waals surface area contributed by atoms with Crippen molar-refractivity contribution in [3.63, 3.8) is 0 Å². The first-order valence-corrected chi connectivity index (χ1v) is 7.44. The summed E-state index contributed by atoms with van der Waals surface area (Å²) in [6.07, 6.45) is 1.10. The average Bonchev–Trinajstić information content (AvgIpc) is 2.41. The van der Waals surface area contributed by atoms with Crippen LogP contribution in [-0.4, -0.2) is 48.4 Å². The molecule has 1 fully saturated rings. The molecule has 1 aromatic rings. The molecule has 0 aliphatic carbocycles. The predicted molar refractivity (Wildman–Crippen MR) is 78.5 cm³/mol. The van der Waals surface area contributed by atoms with Gasteiger partial charge in [0.05, 0.1) is 0 Å². The molecule has 2 nitrogen and oxygen atoms in total. The first-order valence-electron chi connectivity index (χ1n) is 6.53. The third-order valence-electron chi connectivity index (χ3n) is 3.39. The largest absolute Gasteiger partial charge is 0.301 e. The van der Waals surface area contributed by atoms with Crippen molar-refractivity contribution in [3.05, 3.63) is 34.9 Å². The van der Waals surface area contributed by atoms with E-state index in [1.54, 1.807) is 0 Å². The maximum atomic E-state index is 5.89. The van der Waals surface area contributed by atoms with Crippen molar-refractivity contribution in [2.75, 3.05) is 38.6 Å². The number of alkyl halides is 1. The van der Waals surface area contributed by atoms with Gasteiger partial charge in [0.25, 0.3) is 0 Å². The van der Waals surface area contributed by atoms with Crippen LogP contribution in [0.4, 0.5) is 0 Å². The lowest BCUT2D eigenvalue weighted by Gasteiger charge is -2.34. The number of hydrogen-bond acceptors (Lipinski definition) is 2. The first-order chi connectivity index (χ1) is 8.78. The summed E-state index contributed by atoms with van der Waals surface area (Å²) in [6.45, 7) is 6.77. The summed E-state index contributed by atoms with van der Waals surface area (Å²) >= 11 is 11.6. The Bertz CT molecular complexity index is 345. The van der Waals surface area contributed by atoms with Crippen molar-refractivity contribution in [2.24, 2.45) is 0 Å². The standard InChI is InChI=1S/C14H20Cl2N2/c15-6-1-7-17-8-10-18(11-9-17)12-13-2-4-14(16)5-3-13/h2-5H,1,6-12H2. The summed E-state index contributed by atoms with van der Waals surface area (Å²) in [7, 11) is 0. The minimum absolute atomic E-state index is 0.769. The summed E-state index contributed by atoms with van der Waals surface area (Å²) in [5, 5.41) is 0.810. The highest BCUT2D eigenvalue weighted by atomic mass is 35.5. The highest BCUT2D eigenvalue weighted by Gasteiger charge is 2.16. The van der Waals surface area contributed by atoms with Gasteiger partial charge in [0, 0.05) is 43.6 Å². The zero-order valence-corrected chi connectivity index (χ0v) is 12.1. The molecular formula is C14H20Cl2N2. The van der Waals surface area contributed by atoms with E-state index >= 15 is 0 Å². The van der Waals surface area contributed by atoms with Crippen molar-refractivity contribution in [2.45, 2.75) is 13.0 Å². The molecule has 0 radical (unpaired) electrons. The van der Waals surface area contributed by atoms with E-state index in [1.807, 2.05) is 12.1 Å². The van der Waals surface area contributed by atoms with Crippen LogP contribution in [0.3, 0.4) is 0 Å². The molecule has 0 saturated carbocycles. The lowest BCUT2D eigenvalue weighted by Crippen LogP contribution is -2.46. The Balaban J connectivity index is 1.74. The van der Waals surface area contributed by atoms with Crippen LogP contribution in [0.15, 0.2) is 24.3 Å². The Labute approximate surface area is 119 Å². The van der Waals surface area contributed by atoms with E-state index < -0.39 is 0 Å². The second kappa shape index (κ2) is 7.34. The Morgan fingerprint density at radius 2 is 1.56 bits per heavy atom. The van der Waals surface area contributed by atoms with E-state index in [9.17, 15) is 0 Å². The fraction of sp³-hybridized carbons (Fsp3) is 0.571. The normalized spacial score (nSPS) is 18.1. The molecule has 0 aromatic heterocycles. The molecule has 18 heavy (non-hydrogen) atoms. The molecule has 2 rings (SSSR count). The number of piperazine rings is 1. The van der Waals surface area contributed by atoms with Gasteiger partial charge in [-0.3, -0.25) is 4.90 Å². The Kier molecular flexibility index (Phi) is 5.77. The molecule has 4 heteroatoms.